The van der Waals surface area contributed by atoms with Crippen LogP contribution in [0.2, 0.25) is 0 Å². The lowest BCUT2D eigenvalue weighted by atomic mass is 10.1. The molecular formula is C32H48N2O4. The lowest BCUT2D eigenvalue weighted by Gasteiger charge is -2.10. The minimum Gasteiger partial charge on any atom is -0.507 e. The van der Waals surface area contributed by atoms with Crippen LogP contribution in [0.3, 0.4) is 0 Å². The first-order valence-corrected chi connectivity index (χ1v) is 14.5. The molecule has 0 spiro atoms. The summed E-state index contributed by atoms with van der Waals surface area (Å²) < 4.78 is 11.6. The molecule has 0 aliphatic carbocycles. The van der Waals surface area contributed by atoms with Crippen molar-refractivity contribution >= 4 is 11.4 Å². The summed E-state index contributed by atoms with van der Waals surface area (Å²) in [6.07, 6.45) is 14.5. The Bertz CT molecular complexity index is 935. The molecule has 6 nitrogen and oxygen atoms in total. The van der Waals surface area contributed by atoms with Gasteiger partial charge in [-0.3, -0.25) is 0 Å². The maximum atomic E-state index is 10.5. The summed E-state index contributed by atoms with van der Waals surface area (Å²) in [4.78, 5) is 0. The molecule has 2 N–H and O–H groups in total. The van der Waals surface area contributed by atoms with Gasteiger partial charge in [0.2, 0.25) is 0 Å². The molecule has 2 rings (SSSR count). The van der Waals surface area contributed by atoms with Crippen LogP contribution in [0.15, 0.2) is 46.6 Å². The molecule has 0 aliphatic heterocycles. The molecule has 0 aromatic heterocycles. The van der Waals surface area contributed by atoms with Crippen molar-refractivity contribution in [1.82, 2.24) is 0 Å². The SMILES string of the molecule is CCCCCCCCOc1ccc(/C(C)=N/N=C(\C)c2ccc(OCCCCCCCC)cc2O)c(O)c1. The van der Waals surface area contributed by atoms with E-state index in [0.717, 1.165) is 25.7 Å². The molecule has 0 heterocycles. The summed E-state index contributed by atoms with van der Waals surface area (Å²) in [6.45, 7) is 9.32. The molecule has 2 aromatic carbocycles. The van der Waals surface area contributed by atoms with E-state index >= 15 is 0 Å². The van der Waals surface area contributed by atoms with Crippen LogP contribution in [-0.2, 0) is 0 Å². The number of ether oxygens (including phenoxy) is 2. The summed E-state index contributed by atoms with van der Waals surface area (Å²) >= 11 is 0. The van der Waals surface area contributed by atoms with Crippen molar-refractivity contribution in [2.75, 3.05) is 13.2 Å². The van der Waals surface area contributed by atoms with Gasteiger partial charge < -0.3 is 19.7 Å². The summed E-state index contributed by atoms with van der Waals surface area (Å²) in [7, 11) is 0. The second-order valence-corrected chi connectivity index (χ2v) is 9.96. The van der Waals surface area contributed by atoms with E-state index in [4.69, 9.17) is 9.47 Å². The fraction of sp³-hybridized carbons (Fsp3) is 0.562. The van der Waals surface area contributed by atoms with Gasteiger partial charge in [-0.2, -0.15) is 10.2 Å². The summed E-state index contributed by atoms with van der Waals surface area (Å²) in [5, 5.41) is 29.6. The second kappa shape index (κ2) is 18.3. The molecule has 0 atom stereocenters. The second-order valence-electron chi connectivity index (χ2n) is 9.96. The van der Waals surface area contributed by atoms with Crippen LogP contribution in [0.5, 0.6) is 23.0 Å². The van der Waals surface area contributed by atoms with Crippen molar-refractivity contribution in [3.63, 3.8) is 0 Å². The zero-order valence-corrected chi connectivity index (χ0v) is 24.0. The van der Waals surface area contributed by atoms with Crippen molar-refractivity contribution in [3.05, 3.63) is 47.5 Å². The Balaban J connectivity index is 1.87. The molecule has 2 aromatic rings. The van der Waals surface area contributed by atoms with E-state index in [1.165, 1.54) is 51.4 Å². The Morgan fingerprint density at radius 3 is 1.32 bits per heavy atom. The van der Waals surface area contributed by atoms with E-state index in [9.17, 15) is 10.2 Å². The molecule has 0 saturated carbocycles. The van der Waals surface area contributed by atoms with E-state index in [0.29, 0.717) is 47.3 Å². The lowest BCUT2D eigenvalue weighted by molar-refractivity contribution is 0.302. The van der Waals surface area contributed by atoms with Gasteiger partial charge in [0, 0.05) is 23.3 Å². The van der Waals surface area contributed by atoms with Crippen LogP contribution < -0.4 is 9.47 Å². The Morgan fingerprint density at radius 2 is 0.947 bits per heavy atom. The molecule has 0 saturated heterocycles. The minimum absolute atomic E-state index is 0.106. The van der Waals surface area contributed by atoms with E-state index in [-0.39, 0.29) is 11.5 Å². The molecule has 38 heavy (non-hydrogen) atoms. The van der Waals surface area contributed by atoms with E-state index in [1.807, 2.05) is 12.1 Å². The maximum absolute atomic E-state index is 10.5. The quantitative estimate of drug-likeness (QED) is 0.109. The van der Waals surface area contributed by atoms with E-state index in [2.05, 4.69) is 24.1 Å². The van der Waals surface area contributed by atoms with Crippen molar-refractivity contribution in [2.24, 2.45) is 10.2 Å². The van der Waals surface area contributed by atoms with Gasteiger partial charge in [-0.25, -0.2) is 0 Å². The van der Waals surface area contributed by atoms with Gasteiger partial charge in [0.15, 0.2) is 0 Å². The van der Waals surface area contributed by atoms with Crippen LogP contribution in [0.1, 0.15) is 116 Å². The van der Waals surface area contributed by atoms with Gasteiger partial charge in [-0.15, -0.1) is 0 Å². The molecule has 0 bridgehead atoms. The van der Waals surface area contributed by atoms with Crippen LogP contribution in [0, 0.1) is 0 Å². The fourth-order valence-electron chi connectivity index (χ4n) is 4.22. The van der Waals surface area contributed by atoms with Crippen LogP contribution >= 0.6 is 0 Å². The maximum Gasteiger partial charge on any atom is 0.128 e. The third-order valence-corrected chi connectivity index (χ3v) is 6.60. The van der Waals surface area contributed by atoms with Gasteiger partial charge in [0.05, 0.1) is 24.6 Å². The third-order valence-electron chi connectivity index (χ3n) is 6.60. The standard InChI is InChI=1S/C32H48N2O4/c1-5-7-9-11-13-15-21-37-27-17-19-29(31(35)23-27)25(3)33-34-26(4)30-20-18-28(24-32(30)36)38-22-16-14-12-10-8-6-2/h17-20,23-24,35-36H,5-16,21-22H2,1-4H3/b33-25+,34-26+. The van der Waals surface area contributed by atoms with Crippen molar-refractivity contribution in [1.29, 1.82) is 0 Å². The first-order chi connectivity index (χ1) is 18.5. The summed E-state index contributed by atoms with van der Waals surface area (Å²) in [5.74, 6) is 1.51. The average Bonchev–Trinajstić information content (AvgIpc) is 2.90. The fourth-order valence-corrected chi connectivity index (χ4v) is 4.22. The number of rotatable bonds is 19. The molecule has 6 heteroatoms. The topological polar surface area (TPSA) is 83.6 Å². The predicted molar refractivity (Wildman–Crippen MR) is 158 cm³/mol. The number of hydrogen-bond acceptors (Lipinski definition) is 6. The van der Waals surface area contributed by atoms with Crippen molar-refractivity contribution in [3.8, 4) is 23.0 Å². The number of phenols is 2. The molecule has 210 valence electrons. The highest BCUT2D eigenvalue weighted by atomic mass is 16.5. The lowest BCUT2D eigenvalue weighted by Crippen LogP contribution is -2.01. The van der Waals surface area contributed by atoms with Crippen LogP contribution in [0.4, 0.5) is 0 Å². The first-order valence-electron chi connectivity index (χ1n) is 14.5. The number of hydrogen-bond donors (Lipinski definition) is 2. The smallest absolute Gasteiger partial charge is 0.128 e. The average molecular weight is 525 g/mol. The van der Waals surface area contributed by atoms with Crippen molar-refractivity contribution in [2.45, 2.75) is 105 Å². The molecule has 0 radical (unpaired) electrons. The normalized spacial score (nSPS) is 12.1. The molecule has 0 unspecified atom stereocenters. The number of nitrogens with zero attached hydrogens (tertiary/aromatic N) is 2. The van der Waals surface area contributed by atoms with Gasteiger partial charge in [0.1, 0.15) is 23.0 Å². The molecular weight excluding hydrogens is 476 g/mol. The first kappa shape index (κ1) is 31.2. The van der Waals surface area contributed by atoms with E-state index in [1.54, 1.807) is 38.1 Å². The molecule has 0 amide bonds. The highest BCUT2D eigenvalue weighted by Gasteiger charge is 2.09. The summed E-state index contributed by atoms with van der Waals surface area (Å²) in [5.41, 5.74) is 2.33. The van der Waals surface area contributed by atoms with Gasteiger partial charge in [0.25, 0.3) is 0 Å². The van der Waals surface area contributed by atoms with Crippen LogP contribution in [0.25, 0.3) is 0 Å². The third kappa shape index (κ3) is 11.6. The monoisotopic (exact) mass is 524 g/mol. The zero-order valence-electron chi connectivity index (χ0n) is 24.0. The number of unbranched alkanes of at least 4 members (excludes halogenated alkanes) is 10. The predicted octanol–water partition coefficient (Wildman–Crippen LogP) is 8.81. The molecule has 0 fully saturated rings. The summed E-state index contributed by atoms with van der Waals surface area (Å²) in [6, 6.07) is 10.5. The Hall–Kier alpha value is -3.02. The minimum atomic E-state index is 0.106. The molecule has 0 aliphatic rings. The van der Waals surface area contributed by atoms with Crippen molar-refractivity contribution < 1.29 is 19.7 Å². The Morgan fingerprint density at radius 1 is 0.579 bits per heavy atom. The van der Waals surface area contributed by atoms with Gasteiger partial charge >= 0.3 is 0 Å². The number of phenolic OH excluding ortho intramolecular Hbond substituents is 2. The Labute approximate surface area is 229 Å². The number of benzene rings is 2. The highest BCUT2D eigenvalue weighted by Crippen LogP contribution is 2.26. The van der Waals surface area contributed by atoms with Gasteiger partial charge in [-0.1, -0.05) is 78.1 Å². The largest absolute Gasteiger partial charge is 0.507 e. The Kier molecular flexibility index (Phi) is 15.0. The van der Waals surface area contributed by atoms with Gasteiger partial charge in [-0.05, 0) is 51.0 Å². The highest BCUT2D eigenvalue weighted by molar-refractivity contribution is 6.04. The zero-order chi connectivity index (χ0) is 27.6. The van der Waals surface area contributed by atoms with Crippen LogP contribution in [-0.4, -0.2) is 34.9 Å². The number of aromatic hydroxyl groups is 2. The van der Waals surface area contributed by atoms with E-state index < -0.39 is 0 Å².